The average molecular weight is 468 g/mol. The Morgan fingerprint density at radius 3 is 2.74 bits per heavy atom. The number of aromatic nitrogens is 8. The minimum Gasteiger partial charge on any atom is -0.382 e. The smallest absolute Gasteiger partial charge is 0.161 e. The summed E-state index contributed by atoms with van der Waals surface area (Å²) < 4.78 is 17.8. The summed E-state index contributed by atoms with van der Waals surface area (Å²) >= 11 is 0. The third kappa shape index (κ3) is 3.59. The molecule has 0 fully saturated rings. The van der Waals surface area contributed by atoms with Crippen molar-refractivity contribution in [3.05, 3.63) is 66.9 Å². The lowest BCUT2D eigenvalue weighted by Crippen LogP contribution is -2.09. The van der Waals surface area contributed by atoms with Crippen molar-refractivity contribution in [2.75, 3.05) is 5.32 Å². The molecule has 0 atom stereocenters. The van der Waals surface area contributed by atoms with E-state index in [1.807, 2.05) is 55.8 Å². The lowest BCUT2D eigenvalue weighted by atomic mass is 10.1. The van der Waals surface area contributed by atoms with Crippen LogP contribution in [-0.2, 0) is 0 Å². The van der Waals surface area contributed by atoms with E-state index in [0.717, 1.165) is 28.1 Å². The highest BCUT2D eigenvalue weighted by atomic mass is 19.1. The van der Waals surface area contributed by atoms with E-state index >= 15 is 4.39 Å². The molecule has 0 aliphatic rings. The van der Waals surface area contributed by atoms with Crippen LogP contribution in [0.5, 0.6) is 0 Å². The van der Waals surface area contributed by atoms with Crippen molar-refractivity contribution in [2.45, 2.75) is 26.8 Å². The van der Waals surface area contributed by atoms with Crippen molar-refractivity contribution < 1.29 is 4.39 Å². The highest BCUT2D eigenvalue weighted by molar-refractivity contribution is 5.96. The monoisotopic (exact) mass is 467 g/mol. The van der Waals surface area contributed by atoms with Crippen LogP contribution in [0, 0.1) is 12.7 Å². The van der Waals surface area contributed by atoms with Crippen LogP contribution >= 0.6 is 0 Å². The van der Waals surface area contributed by atoms with Gasteiger partial charge in [-0.3, -0.25) is 15.1 Å². The number of benzene rings is 1. The van der Waals surface area contributed by atoms with Crippen LogP contribution in [0.25, 0.3) is 50.4 Å². The number of halogens is 1. The van der Waals surface area contributed by atoms with E-state index in [9.17, 15) is 0 Å². The van der Waals surface area contributed by atoms with Crippen LogP contribution < -0.4 is 5.32 Å². The molecule has 6 rings (SSSR count). The van der Waals surface area contributed by atoms with Gasteiger partial charge >= 0.3 is 0 Å². The largest absolute Gasteiger partial charge is 0.382 e. The van der Waals surface area contributed by atoms with Crippen molar-refractivity contribution in [3.8, 4) is 28.5 Å². The lowest BCUT2D eigenvalue weighted by Gasteiger charge is -2.11. The summed E-state index contributed by atoms with van der Waals surface area (Å²) in [5.74, 6) is -0.0272. The van der Waals surface area contributed by atoms with Gasteiger partial charge in [-0.15, -0.1) is 0 Å². The second-order valence-electron chi connectivity index (χ2n) is 8.72. The maximum absolute atomic E-state index is 15.9. The Bertz CT molecular complexity index is 1690. The van der Waals surface area contributed by atoms with Crippen LogP contribution in [-0.4, -0.2) is 45.7 Å². The van der Waals surface area contributed by atoms with Gasteiger partial charge in [-0.2, -0.15) is 5.10 Å². The maximum atomic E-state index is 15.9. The Balaban J connectivity index is 1.49. The van der Waals surface area contributed by atoms with E-state index in [4.69, 9.17) is 4.98 Å². The molecular formula is C25H22FN9. The van der Waals surface area contributed by atoms with Crippen molar-refractivity contribution in [3.63, 3.8) is 0 Å². The number of imidazole rings is 2. The van der Waals surface area contributed by atoms with E-state index in [2.05, 4.69) is 35.5 Å². The van der Waals surface area contributed by atoms with Gasteiger partial charge < -0.3 is 14.9 Å². The number of anilines is 1. The average Bonchev–Trinajstić information content (AvgIpc) is 3.56. The van der Waals surface area contributed by atoms with Gasteiger partial charge in [-0.05, 0) is 39.0 Å². The summed E-state index contributed by atoms with van der Waals surface area (Å²) in [7, 11) is 0. The number of H-pyrrole nitrogens is 2. The van der Waals surface area contributed by atoms with Gasteiger partial charge in [0.2, 0.25) is 0 Å². The van der Waals surface area contributed by atoms with Crippen LogP contribution in [0.15, 0.2) is 55.4 Å². The second-order valence-corrected chi connectivity index (χ2v) is 8.72. The van der Waals surface area contributed by atoms with Crippen molar-refractivity contribution in [2.24, 2.45) is 0 Å². The fourth-order valence-electron chi connectivity index (χ4n) is 4.22. The molecule has 174 valence electrons. The van der Waals surface area contributed by atoms with Gasteiger partial charge in [-0.25, -0.2) is 14.4 Å². The highest BCUT2D eigenvalue weighted by Gasteiger charge is 2.21. The molecule has 0 bridgehead atoms. The molecule has 3 N–H and O–H groups in total. The zero-order valence-corrected chi connectivity index (χ0v) is 19.3. The Morgan fingerprint density at radius 2 is 1.94 bits per heavy atom. The zero-order chi connectivity index (χ0) is 24.1. The quantitative estimate of drug-likeness (QED) is 0.328. The van der Waals surface area contributed by atoms with Gasteiger partial charge in [0.15, 0.2) is 11.6 Å². The number of aryl methyl sites for hydroxylation is 1. The first-order chi connectivity index (χ1) is 17.0. The Morgan fingerprint density at radius 1 is 1.06 bits per heavy atom. The minimum atomic E-state index is -0.485. The second kappa shape index (κ2) is 8.01. The Labute approximate surface area is 199 Å². The van der Waals surface area contributed by atoms with Crippen LogP contribution in [0.3, 0.4) is 0 Å². The molecule has 6 aromatic rings. The number of hydrogen-bond acceptors (Lipinski definition) is 6. The molecule has 5 heterocycles. The number of para-hydroxylation sites is 1. The van der Waals surface area contributed by atoms with E-state index < -0.39 is 5.82 Å². The number of nitrogens with one attached hydrogen (secondary N) is 3. The first kappa shape index (κ1) is 21.0. The molecule has 0 saturated carbocycles. The fourth-order valence-corrected chi connectivity index (χ4v) is 4.22. The van der Waals surface area contributed by atoms with Crippen molar-refractivity contribution in [1.29, 1.82) is 0 Å². The SMILES string of the molecule is Cc1cn(-c2cccc3[nH]c(-c4n[nH]c5cnc(-c6cncc(NC(C)C)c6)c(F)c45)nc23)cn1. The maximum Gasteiger partial charge on any atom is 0.161 e. The van der Waals surface area contributed by atoms with Crippen LogP contribution in [0.4, 0.5) is 10.1 Å². The van der Waals surface area contributed by atoms with Crippen molar-refractivity contribution in [1.82, 2.24) is 39.7 Å². The number of hydrogen-bond donors (Lipinski definition) is 3. The predicted octanol–water partition coefficient (Wildman–Crippen LogP) is 5.02. The zero-order valence-electron chi connectivity index (χ0n) is 19.3. The first-order valence-electron chi connectivity index (χ1n) is 11.2. The number of fused-ring (bicyclic) bond motifs is 2. The molecule has 0 unspecified atom stereocenters. The number of pyridine rings is 2. The molecule has 1 aromatic carbocycles. The molecule has 0 spiro atoms. The van der Waals surface area contributed by atoms with E-state index in [0.29, 0.717) is 28.0 Å². The molecule has 0 saturated heterocycles. The standard InChI is InChI=1S/C25H22FN9/c1-13(2)30-16-7-15(8-27-9-16)22-21(26)20-18(10-28-22)33-34-24(20)25-31-17-5-4-6-19(23(17)32-25)35-11-14(3)29-12-35/h4-13,30H,1-3H3,(H,31,32)(H,33,34). The molecular weight excluding hydrogens is 445 g/mol. The highest BCUT2D eigenvalue weighted by Crippen LogP contribution is 2.33. The predicted molar refractivity (Wildman–Crippen MR) is 133 cm³/mol. The summed E-state index contributed by atoms with van der Waals surface area (Å²) in [6.45, 7) is 5.99. The summed E-state index contributed by atoms with van der Waals surface area (Å²) in [5.41, 5.74) is 5.76. The van der Waals surface area contributed by atoms with Crippen molar-refractivity contribution >= 4 is 27.6 Å². The summed E-state index contributed by atoms with van der Waals surface area (Å²) in [6, 6.07) is 7.88. The molecule has 0 radical (unpaired) electrons. The Hall–Kier alpha value is -4.60. The summed E-state index contributed by atoms with van der Waals surface area (Å²) in [5, 5.41) is 10.9. The number of nitrogens with zero attached hydrogens (tertiary/aromatic N) is 6. The minimum absolute atomic E-state index is 0.200. The van der Waals surface area contributed by atoms with Gasteiger partial charge in [0.05, 0.1) is 46.0 Å². The van der Waals surface area contributed by atoms with Crippen LogP contribution in [0.2, 0.25) is 0 Å². The summed E-state index contributed by atoms with van der Waals surface area (Å²) in [4.78, 5) is 21.0. The first-order valence-corrected chi connectivity index (χ1v) is 11.2. The molecule has 5 aromatic heterocycles. The molecule has 35 heavy (non-hydrogen) atoms. The third-order valence-electron chi connectivity index (χ3n) is 5.72. The molecule has 0 aliphatic heterocycles. The number of aromatic amines is 2. The van der Waals surface area contributed by atoms with E-state index in [1.165, 1.54) is 0 Å². The van der Waals surface area contributed by atoms with Gasteiger partial charge in [0.25, 0.3) is 0 Å². The number of rotatable bonds is 5. The molecule has 0 aliphatic carbocycles. The molecule has 9 nitrogen and oxygen atoms in total. The summed E-state index contributed by atoms with van der Waals surface area (Å²) in [6.07, 6.45) is 8.56. The van der Waals surface area contributed by atoms with Gasteiger partial charge in [-0.1, -0.05) is 6.07 Å². The van der Waals surface area contributed by atoms with Gasteiger partial charge in [0.1, 0.15) is 16.9 Å². The third-order valence-corrected chi connectivity index (χ3v) is 5.72. The normalized spacial score (nSPS) is 11.7. The topological polar surface area (TPSA) is 113 Å². The van der Waals surface area contributed by atoms with E-state index in [-0.39, 0.29) is 11.7 Å². The molecule has 0 amide bonds. The van der Waals surface area contributed by atoms with Gasteiger partial charge in [0, 0.05) is 30.2 Å². The Kier molecular flexibility index (Phi) is 4.80. The lowest BCUT2D eigenvalue weighted by molar-refractivity contribution is 0.638. The van der Waals surface area contributed by atoms with E-state index in [1.54, 1.807) is 24.9 Å². The van der Waals surface area contributed by atoms with Crippen LogP contribution in [0.1, 0.15) is 19.5 Å². The molecule has 10 heteroatoms. The fraction of sp³-hybridized carbons (Fsp3) is 0.160.